The molecule has 148 valence electrons. The zero-order valence-corrected chi connectivity index (χ0v) is 16.3. The summed E-state index contributed by atoms with van der Waals surface area (Å²) in [6.45, 7) is 5.91. The van der Waals surface area contributed by atoms with Crippen molar-refractivity contribution in [3.63, 3.8) is 0 Å². The van der Waals surface area contributed by atoms with E-state index >= 15 is 0 Å². The number of pyridine rings is 1. The zero-order chi connectivity index (χ0) is 20.5. The highest BCUT2D eigenvalue weighted by Crippen LogP contribution is 2.26. The summed E-state index contributed by atoms with van der Waals surface area (Å²) in [5.41, 5.74) is 0.325. The minimum atomic E-state index is -1.01. The van der Waals surface area contributed by atoms with Crippen LogP contribution in [0.4, 0.5) is 0 Å². The summed E-state index contributed by atoms with van der Waals surface area (Å²) in [4.78, 5) is 43.1. The SMILES string of the molecule is CC(C)(C)C(NC(=O)c1ccc2ccccc2n1)C(=O)N1CCCC1C(=O)O. The number of amides is 2. The van der Waals surface area contributed by atoms with Crippen LogP contribution >= 0.6 is 0 Å². The molecule has 0 spiro atoms. The Hall–Kier alpha value is -2.96. The van der Waals surface area contributed by atoms with Crippen LogP contribution in [-0.2, 0) is 9.59 Å². The van der Waals surface area contributed by atoms with Crippen LogP contribution in [0, 0.1) is 5.41 Å². The van der Waals surface area contributed by atoms with Crippen LogP contribution in [-0.4, -0.2) is 51.4 Å². The molecule has 7 nitrogen and oxygen atoms in total. The van der Waals surface area contributed by atoms with Crippen molar-refractivity contribution in [3.8, 4) is 0 Å². The topological polar surface area (TPSA) is 99.6 Å². The summed E-state index contributed by atoms with van der Waals surface area (Å²) in [5.74, 6) is -1.84. The molecule has 0 saturated carbocycles. The molecule has 1 aromatic heterocycles. The average Bonchev–Trinajstić information content (AvgIpc) is 3.14. The van der Waals surface area contributed by atoms with Gasteiger partial charge in [-0.3, -0.25) is 9.59 Å². The van der Waals surface area contributed by atoms with Gasteiger partial charge in [0.05, 0.1) is 5.52 Å². The molecule has 1 saturated heterocycles. The molecule has 1 fully saturated rings. The molecule has 2 N–H and O–H groups in total. The number of benzene rings is 1. The third kappa shape index (κ3) is 3.98. The van der Waals surface area contributed by atoms with Gasteiger partial charge in [0.25, 0.3) is 5.91 Å². The highest BCUT2D eigenvalue weighted by molar-refractivity contribution is 5.98. The van der Waals surface area contributed by atoms with Crippen molar-refractivity contribution in [2.24, 2.45) is 5.41 Å². The van der Waals surface area contributed by atoms with Gasteiger partial charge in [-0.2, -0.15) is 0 Å². The van der Waals surface area contributed by atoms with Crippen LogP contribution in [0.1, 0.15) is 44.1 Å². The van der Waals surface area contributed by atoms with Crippen LogP contribution < -0.4 is 5.32 Å². The number of para-hydroxylation sites is 1. The van der Waals surface area contributed by atoms with Gasteiger partial charge in [0, 0.05) is 11.9 Å². The first-order valence-corrected chi connectivity index (χ1v) is 9.38. The molecule has 2 aromatic rings. The molecule has 2 unspecified atom stereocenters. The smallest absolute Gasteiger partial charge is 0.326 e. The Bertz CT molecular complexity index is 919. The first-order chi connectivity index (χ1) is 13.2. The molecule has 2 heterocycles. The second-order valence-corrected chi connectivity index (χ2v) is 8.19. The molecule has 2 atom stereocenters. The van der Waals surface area contributed by atoms with Crippen LogP contribution in [0.15, 0.2) is 36.4 Å². The number of nitrogens with zero attached hydrogens (tertiary/aromatic N) is 2. The van der Waals surface area contributed by atoms with Gasteiger partial charge in [0.2, 0.25) is 5.91 Å². The van der Waals surface area contributed by atoms with E-state index < -0.39 is 29.4 Å². The number of fused-ring (bicyclic) bond motifs is 1. The minimum Gasteiger partial charge on any atom is -0.480 e. The van der Waals surface area contributed by atoms with Crippen LogP contribution in [0.5, 0.6) is 0 Å². The van der Waals surface area contributed by atoms with Crippen molar-refractivity contribution >= 4 is 28.7 Å². The number of carboxylic acids is 1. The van der Waals surface area contributed by atoms with E-state index in [0.29, 0.717) is 24.9 Å². The van der Waals surface area contributed by atoms with Gasteiger partial charge >= 0.3 is 5.97 Å². The largest absolute Gasteiger partial charge is 0.480 e. The number of carbonyl (C=O) groups excluding carboxylic acids is 2. The van der Waals surface area contributed by atoms with Crippen molar-refractivity contribution in [1.82, 2.24) is 15.2 Å². The van der Waals surface area contributed by atoms with E-state index in [2.05, 4.69) is 10.3 Å². The predicted octanol–water partition coefficient (Wildman–Crippen LogP) is 2.45. The maximum atomic E-state index is 13.1. The lowest BCUT2D eigenvalue weighted by atomic mass is 9.85. The summed E-state index contributed by atoms with van der Waals surface area (Å²) in [6, 6.07) is 9.21. The fraction of sp³-hybridized carbons (Fsp3) is 0.429. The molecule has 0 aliphatic carbocycles. The predicted molar refractivity (Wildman–Crippen MR) is 105 cm³/mol. The van der Waals surface area contributed by atoms with E-state index in [1.165, 1.54) is 4.90 Å². The molecule has 1 aromatic carbocycles. The molecular weight excluding hydrogens is 358 g/mol. The number of carbonyl (C=O) groups is 3. The van der Waals surface area contributed by atoms with Crippen LogP contribution in [0.25, 0.3) is 10.9 Å². The maximum Gasteiger partial charge on any atom is 0.326 e. The second kappa shape index (κ2) is 7.58. The van der Waals surface area contributed by atoms with Crippen molar-refractivity contribution in [2.45, 2.75) is 45.7 Å². The first kappa shape index (κ1) is 19.8. The summed E-state index contributed by atoms with van der Waals surface area (Å²) >= 11 is 0. The maximum absolute atomic E-state index is 13.1. The van der Waals surface area contributed by atoms with Gasteiger partial charge in [-0.15, -0.1) is 0 Å². The third-order valence-electron chi connectivity index (χ3n) is 5.04. The van der Waals surface area contributed by atoms with Crippen molar-refractivity contribution in [3.05, 3.63) is 42.1 Å². The lowest BCUT2D eigenvalue weighted by Gasteiger charge is -2.34. The number of carboxylic acid groups (broad SMARTS) is 1. The molecule has 0 radical (unpaired) electrons. The standard InChI is InChI=1S/C21H25N3O4/c1-21(2,3)17(19(26)24-12-6-9-16(24)20(27)28)23-18(25)15-11-10-13-7-4-5-8-14(13)22-15/h4-5,7-8,10-11,16-17H,6,9,12H2,1-3H3,(H,23,25)(H,27,28). The summed E-state index contributed by atoms with van der Waals surface area (Å²) < 4.78 is 0. The summed E-state index contributed by atoms with van der Waals surface area (Å²) in [6.07, 6.45) is 1.07. The highest BCUT2D eigenvalue weighted by atomic mass is 16.4. The van der Waals surface area contributed by atoms with Gasteiger partial charge < -0.3 is 15.3 Å². The lowest BCUT2D eigenvalue weighted by Crippen LogP contribution is -2.56. The van der Waals surface area contributed by atoms with Gasteiger partial charge in [-0.25, -0.2) is 9.78 Å². The summed E-state index contributed by atoms with van der Waals surface area (Å²) in [7, 11) is 0. The number of likely N-dealkylation sites (tertiary alicyclic amines) is 1. The second-order valence-electron chi connectivity index (χ2n) is 8.19. The zero-order valence-electron chi connectivity index (χ0n) is 16.3. The third-order valence-corrected chi connectivity index (χ3v) is 5.04. The number of aromatic nitrogens is 1. The Labute approximate surface area is 163 Å². The van der Waals surface area contributed by atoms with Crippen molar-refractivity contribution < 1.29 is 19.5 Å². The number of rotatable bonds is 4. The Kier molecular flexibility index (Phi) is 5.36. The van der Waals surface area contributed by atoms with E-state index in [4.69, 9.17) is 0 Å². The number of hydrogen-bond donors (Lipinski definition) is 2. The van der Waals surface area contributed by atoms with Crippen molar-refractivity contribution in [1.29, 1.82) is 0 Å². The van der Waals surface area contributed by atoms with Crippen molar-refractivity contribution in [2.75, 3.05) is 6.54 Å². The normalized spacial score (nSPS) is 18.1. The van der Waals surface area contributed by atoms with E-state index in [9.17, 15) is 19.5 Å². The van der Waals surface area contributed by atoms with E-state index in [1.807, 2.05) is 51.1 Å². The Morgan fingerprint density at radius 1 is 1.18 bits per heavy atom. The highest BCUT2D eigenvalue weighted by Gasteiger charge is 2.42. The van der Waals surface area contributed by atoms with E-state index in [0.717, 1.165) is 5.39 Å². The van der Waals surface area contributed by atoms with Gasteiger partial charge in [0.1, 0.15) is 17.8 Å². The van der Waals surface area contributed by atoms with Crippen LogP contribution in [0.2, 0.25) is 0 Å². The molecule has 28 heavy (non-hydrogen) atoms. The number of aliphatic carboxylic acids is 1. The molecule has 2 amide bonds. The lowest BCUT2D eigenvalue weighted by molar-refractivity contribution is -0.150. The Balaban J connectivity index is 1.84. The van der Waals surface area contributed by atoms with Gasteiger partial charge in [0.15, 0.2) is 0 Å². The van der Waals surface area contributed by atoms with E-state index in [1.54, 1.807) is 6.07 Å². The molecular formula is C21H25N3O4. The summed E-state index contributed by atoms with van der Waals surface area (Å²) in [5, 5.41) is 13.1. The Morgan fingerprint density at radius 3 is 2.57 bits per heavy atom. The first-order valence-electron chi connectivity index (χ1n) is 9.38. The van der Waals surface area contributed by atoms with Gasteiger partial charge in [-0.05, 0) is 30.4 Å². The fourth-order valence-electron chi connectivity index (χ4n) is 3.50. The molecule has 3 rings (SSSR count). The van der Waals surface area contributed by atoms with Crippen LogP contribution in [0.3, 0.4) is 0 Å². The average molecular weight is 383 g/mol. The van der Waals surface area contributed by atoms with E-state index in [-0.39, 0.29) is 11.6 Å². The van der Waals surface area contributed by atoms with Gasteiger partial charge in [-0.1, -0.05) is 45.0 Å². The quantitative estimate of drug-likeness (QED) is 0.845. The monoisotopic (exact) mass is 383 g/mol. The Morgan fingerprint density at radius 2 is 1.89 bits per heavy atom. The fourth-order valence-corrected chi connectivity index (χ4v) is 3.50. The minimum absolute atomic E-state index is 0.219. The number of nitrogens with one attached hydrogen (secondary N) is 1. The molecule has 1 aliphatic rings. The molecule has 0 bridgehead atoms. The molecule has 7 heteroatoms. The number of hydrogen-bond acceptors (Lipinski definition) is 4. The molecule has 1 aliphatic heterocycles.